The van der Waals surface area contributed by atoms with Gasteiger partial charge < -0.3 is 29.3 Å². The van der Waals surface area contributed by atoms with Gasteiger partial charge >= 0.3 is 0 Å². The van der Waals surface area contributed by atoms with Crippen molar-refractivity contribution in [1.29, 1.82) is 0 Å². The normalized spacial score (nSPS) is 19.0. The minimum atomic E-state index is -0.491. The van der Waals surface area contributed by atoms with Gasteiger partial charge in [-0.2, -0.15) is 0 Å². The second-order valence-electron chi connectivity index (χ2n) is 9.02. The number of allylic oxidation sites excluding steroid dienone is 1. The molecule has 38 heavy (non-hydrogen) atoms. The van der Waals surface area contributed by atoms with Crippen molar-refractivity contribution in [1.82, 2.24) is 9.80 Å². The minimum absolute atomic E-state index is 0.0290. The molecule has 1 saturated heterocycles. The highest BCUT2D eigenvalue weighted by Crippen LogP contribution is 2.45. The van der Waals surface area contributed by atoms with Crippen LogP contribution in [0.15, 0.2) is 75.9 Å². The van der Waals surface area contributed by atoms with Crippen LogP contribution in [0.3, 0.4) is 0 Å². The summed E-state index contributed by atoms with van der Waals surface area (Å²) < 4.78 is 16.1. The van der Waals surface area contributed by atoms with E-state index in [1.165, 1.54) is 11.8 Å². The molecule has 0 spiro atoms. The highest BCUT2D eigenvalue weighted by atomic mass is 32.2. The molecule has 2 aromatic carbocycles. The fourth-order valence-corrected chi connectivity index (χ4v) is 5.70. The third-order valence-electron chi connectivity index (χ3n) is 6.70. The van der Waals surface area contributed by atoms with Gasteiger partial charge in [0, 0.05) is 24.5 Å². The predicted octanol–water partition coefficient (Wildman–Crippen LogP) is 4.17. The lowest BCUT2D eigenvalue weighted by Gasteiger charge is -2.37. The molecule has 5 rings (SSSR count). The van der Waals surface area contributed by atoms with Crippen LogP contribution >= 0.6 is 11.8 Å². The number of carbonyl (C=O) groups is 2. The molecule has 1 atom stereocenters. The fourth-order valence-electron chi connectivity index (χ4n) is 4.74. The zero-order valence-electron chi connectivity index (χ0n) is 21.6. The van der Waals surface area contributed by atoms with E-state index in [-0.39, 0.29) is 18.2 Å². The number of ether oxygens (including phenoxy) is 3. The van der Waals surface area contributed by atoms with E-state index < -0.39 is 6.04 Å². The van der Waals surface area contributed by atoms with Crippen molar-refractivity contribution in [3.05, 3.63) is 76.5 Å². The van der Waals surface area contributed by atoms with Gasteiger partial charge in [-0.15, -0.1) is 0 Å². The van der Waals surface area contributed by atoms with E-state index in [2.05, 4.69) is 5.32 Å². The van der Waals surface area contributed by atoms with E-state index in [0.717, 1.165) is 16.4 Å². The summed E-state index contributed by atoms with van der Waals surface area (Å²) in [6.07, 6.45) is 0.207. The average Bonchev–Trinajstić information content (AvgIpc) is 3.34. The first kappa shape index (κ1) is 25.9. The number of hydrogen-bond acceptors (Lipinski definition) is 8. The maximum absolute atomic E-state index is 13.8. The molecule has 3 aliphatic heterocycles. The lowest BCUT2D eigenvalue weighted by Crippen LogP contribution is -2.42. The van der Waals surface area contributed by atoms with Crippen molar-refractivity contribution in [3.63, 3.8) is 0 Å². The molecular weight excluding hydrogens is 504 g/mol. The van der Waals surface area contributed by atoms with Crippen LogP contribution in [0.2, 0.25) is 0 Å². The van der Waals surface area contributed by atoms with Crippen LogP contribution in [0, 0.1) is 0 Å². The van der Waals surface area contributed by atoms with Crippen molar-refractivity contribution in [2.45, 2.75) is 19.4 Å². The number of morpholine rings is 1. The van der Waals surface area contributed by atoms with Crippen molar-refractivity contribution < 1.29 is 23.8 Å². The quantitative estimate of drug-likeness (QED) is 0.570. The predicted molar refractivity (Wildman–Crippen MR) is 147 cm³/mol. The lowest BCUT2D eigenvalue weighted by atomic mass is 9.93. The van der Waals surface area contributed by atoms with Crippen molar-refractivity contribution in [3.8, 4) is 11.5 Å². The summed E-state index contributed by atoms with van der Waals surface area (Å²) >= 11 is 1.46. The number of fused-ring (bicyclic) bond motifs is 1. The lowest BCUT2D eigenvalue weighted by molar-refractivity contribution is -0.134. The number of nitrogens with one attached hydrogen (secondary N) is 1. The Morgan fingerprint density at radius 2 is 1.82 bits per heavy atom. The highest BCUT2D eigenvalue weighted by Gasteiger charge is 2.41. The summed E-state index contributed by atoms with van der Waals surface area (Å²) in [6.45, 7) is 4.08. The zero-order valence-corrected chi connectivity index (χ0v) is 22.4. The van der Waals surface area contributed by atoms with Gasteiger partial charge in [0.25, 0.3) is 5.91 Å². The molecule has 0 bridgehead atoms. The Morgan fingerprint density at radius 3 is 2.53 bits per heavy atom. The second-order valence-corrected chi connectivity index (χ2v) is 9.86. The third kappa shape index (κ3) is 5.27. The largest absolute Gasteiger partial charge is 0.497 e. The van der Waals surface area contributed by atoms with E-state index >= 15 is 0 Å². The number of nitrogens with zero attached hydrogens (tertiary/aromatic N) is 3. The summed E-state index contributed by atoms with van der Waals surface area (Å²) in [5, 5.41) is 5.71. The molecule has 0 aliphatic carbocycles. The number of benzene rings is 2. The first-order chi connectivity index (χ1) is 18.5. The second kappa shape index (κ2) is 11.3. The number of thioether (sulfide) groups is 1. The Balaban J connectivity index is 1.49. The summed E-state index contributed by atoms with van der Waals surface area (Å²) in [4.78, 5) is 35.6. The number of carbonyl (C=O) groups excluding carboxylic acids is 2. The Bertz CT molecular complexity index is 1310. The van der Waals surface area contributed by atoms with Crippen LogP contribution < -0.4 is 14.8 Å². The monoisotopic (exact) mass is 534 g/mol. The van der Waals surface area contributed by atoms with Gasteiger partial charge in [0.2, 0.25) is 5.91 Å². The number of amidine groups is 1. The highest BCUT2D eigenvalue weighted by molar-refractivity contribution is 8.16. The van der Waals surface area contributed by atoms with E-state index in [1.54, 1.807) is 38.5 Å². The van der Waals surface area contributed by atoms with Gasteiger partial charge in [-0.25, -0.2) is 4.99 Å². The molecule has 198 valence electrons. The summed E-state index contributed by atoms with van der Waals surface area (Å²) in [5.41, 5.74) is 3.44. The first-order valence-electron chi connectivity index (χ1n) is 12.4. The van der Waals surface area contributed by atoms with Gasteiger partial charge in [-0.3, -0.25) is 9.59 Å². The fraction of sp³-hybridized carbons (Fsp3) is 0.321. The SMILES string of the molecule is COc1ccc(NC(=O)C2=C(C)N=C3SC=C(CC(=O)N4CCOCC4)N3[C@H]2c2cccc(OC)c2)cc1. The van der Waals surface area contributed by atoms with E-state index in [9.17, 15) is 9.59 Å². The topological polar surface area (TPSA) is 92.7 Å². The number of amides is 2. The first-order valence-corrected chi connectivity index (χ1v) is 13.3. The molecule has 10 heteroatoms. The standard InChI is InChI=1S/C28H30N4O5S/c1-18-25(27(34)30-20-7-9-22(35-2)10-8-20)26(19-5-4-6-23(15-19)36-3)32-21(17-38-28(32)29-18)16-24(33)31-11-13-37-14-12-31/h4-10,15,17,26H,11-14,16H2,1-3H3,(H,30,34)/t26-/m0/s1. The Labute approximate surface area is 226 Å². The maximum Gasteiger partial charge on any atom is 0.255 e. The molecule has 3 heterocycles. The Hall–Kier alpha value is -3.76. The van der Waals surface area contributed by atoms with Gasteiger partial charge in [-0.05, 0) is 54.3 Å². The molecule has 0 aromatic heterocycles. The van der Waals surface area contributed by atoms with Crippen molar-refractivity contribution >= 4 is 34.4 Å². The molecule has 0 radical (unpaired) electrons. The van der Waals surface area contributed by atoms with Crippen molar-refractivity contribution in [2.75, 3.05) is 45.8 Å². The maximum atomic E-state index is 13.8. The van der Waals surface area contributed by atoms with E-state index in [1.807, 2.05) is 46.4 Å². The van der Waals surface area contributed by atoms with Crippen LogP contribution in [0.25, 0.3) is 0 Å². The molecule has 0 saturated carbocycles. The average molecular weight is 535 g/mol. The van der Waals surface area contributed by atoms with E-state index in [0.29, 0.717) is 54.8 Å². The molecule has 2 amide bonds. The van der Waals surface area contributed by atoms with Crippen LogP contribution in [0.1, 0.15) is 24.9 Å². The smallest absolute Gasteiger partial charge is 0.255 e. The molecule has 2 aromatic rings. The molecular formula is C28H30N4O5S. The molecule has 9 nitrogen and oxygen atoms in total. The van der Waals surface area contributed by atoms with Crippen LogP contribution in [-0.4, -0.2) is 67.3 Å². The third-order valence-corrected chi connectivity index (χ3v) is 7.59. The number of anilines is 1. The van der Waals surface area contributed by atoms with Gasteiger partial charge in [0.15, 0.2) is 5.17 Å². The Morgan fingerprint density at radius 1 is 1.08 bits per heavy atom. The number of aliphatic imine (C=N–C) groups is 1. The summed E-state index contributed by atoms with van der Waals surface area (Å²) in [7, 11) is 3.21. The van der Waals surface area contributed by atoms with Crippen LogP contribution in [0.4, 0.5) is 5.69 Å². The van der Waals surface area contributed by atoms with Crippen LogP contribution in [-0.2, 0) is 14.3 Å². The molecule has 1 fully saturated rings. The van der Waals surface area contributed by atoms with Gasteiger partial charge in [-0.1, -0.05) is 23.9 Å². The van der Waals surface area contributed by atoms with Crippen molar-refractivity contribution in [2.24, 2.45) is 4.99 Å². The Kier molecular flexibility index (Phi) is 7.71. The molecule has 1 N–H and O–H groups in total. The number of rotatable bonds is 7. The number of hydrogen-bond donors (Lipinski definition) is 1. The van der Waals surface area contributed by atoms with Crippen LogP contribution in [0.5, 0.6) is 11.5 Å². The van der Waals surface area contributed by atoms with E-state index in [4.69, 9.17) is 19.2 Å². The summed E-state index contributed by atoms with van der Waals surface area (Å²) in [5.74, 6) is 1.15. The zero-order chi connectivity index (χ0) is 26.6. The summed E-state index contributed by atoms with van der Waals surface area (Å²) in [6, 6.07) is 14.3. The van der Waals surface area contributed by atoms with Gasteiger partial charge in [0.05, 0.1) is 51.2 Å². The molecule has 3 aliphatic rings. The number of methoxy groups -OCH3 is 2. The van der Waals surface area contributed by atoms with Gasteiger partial charge in [0.1, 0.15) is 11.5 Å². The molecule has 0 unspecified atom stereocenters. The minimum Gasteiger partial charge on any atom is -0.497 e.